The highest BCUT2D eigenvalue weighted by Gasteiger charge is 2.39. The summed E-state index contributed by atoms with van der Waals surface area (Å²) >= 11 is 3.44. The molecular weight excluding hydrogens is 316 g/mol. The van der Waals surface area contributed by atoms with Gasteiger partial charge < -0.3 is 5.32 Å². The second-order valence-corrected chi connectivity index (χ2v) is 6.40. The molecule has 0 radical (unpaired) electrons. The molecule has 0 heterocycles. The zero-order valence-electron chi connectivity index (χ0n) is 11.7. The monoisotopic (exact) mass is 334 g/mol. The van der Waals surface area contributed by atoms with Crippen molar-refractivity contribution < 1.29 is 4.79 Å². The molecule has 0 aliphatic heterocycles. The molecule has 1 N–H and O–H groups in total. The number of carbonyl (C=O) groups excluding carboxylic acids is 1. The molecule has 2 rings (SSSR count). The highest BCUT2D eigenvalue weighted by molar-refractivity contribution is 9.10. The number of hydrogen-bond acceptors (Lipinski definition) is 2. The summed E-state index contributed by atoms with van der Waals surface area (Å²) in [6, 6.07) is 8.10. The smallest absolute Gasteiger partial charge is 0.244 e. The maximum Gasteiger partial charge on any atom is 0.244 e. The molecule has 1 saturated carbocycles. The van der Waals surface area contributed by atoms with Gasteiger partial charge in [0, 0.05) is 4.47 Å². The van der Waals surface area contributed by atoms with E-state index in [9.17, 15) is 10.1 Å². The molecule has 0 bridgehead atoms. The molecule has 1 aromatic rings. The van der Waals surface area contributed by atoms with E-state index in [2.05, 4.69) is 27.3 Å². The maximum absolute atomic E-state index is 12.6. The number of nitrogens with zero attached hydrogens (tertiary/aromatic N) is 1. The number of hydrogen-bond donors (Lipinski definition) is 1. The second-order valence-electron chi connectivity index (χ2n) is 5.55. The van der Waals surface area contributed by atoms with Crippen LogP contribution in [-0.2, 0) is 4.79 Å². The number of halogens is 1. The Morgan fingerprint density at radius 1 is 1.30 bits per heavy atom. The Morgan fingerprint density at radius 3 is 2.55 bits per heavy atom. The Labute approximate surface area is 128 Å². The van der Waals surface area contributed by atoms with Crippen molar-refractivity contribution in [3.63, 3.8) is 0 Å². The summed E-state index contributed by atoms with van der Waals surface area (Å²) in [5.41, 5.74) is 0.962. The van der Waals surface area contributed by atoms with Gasteiger partial charge in [-0.15, -0.1) is 0 Å². The molecule has 0 unspecified atom stereocenters. The minimum Gasteiger partial charge on any atom is -0.324 e. The molecule has 0 saturated heterocycles. The SMILES string of the molecule is Cc1ccc(Br)c(NC(=O)C2(C#N)CCCCCC2)c1. The lowest BCUT2D eigenvalue weighted by Crippen LogP contribution is -2.34. The van der Waals surface area contributed by atoms with E-state index >= 15 is 0 Å². The fourth-order valence-electron chi connectivity index (χ4n) is 2.70. The normalized spacial score (nSPS) is 17.9. The molecule has 0 spiro atoms. The van der Waals surface area contributed by atoms with Crippen LogP contribution in [0.3, 0.4) is 0 Å². The quantitative estimate of drug-likeness (QED) is 0.806. The summed E-state index contributed by atoms with van der Waals surface area (Å²) in [6.07, 6.45) is 5.47. The molecule has 1 amide bonds. The van der Waals surface area contributed by atoms with Gasteiger partial charge in [0.1, 0.15) is 5.41 Å². The van der Waals surface area contributed by atoms with Crippen molar-refractivity contribution in [1.82, 2.24) is 0 Å². The molecule has 3 nitrogen and oxygen atoms in total. The molecular formula is C16H19BrN2O. The highest BCUT2D eigenvalue weighted by atomic mass is 79.9. The topological polar surface area (TPSA) is 52.9 Å². The van der Waals surface area contributed by atoms with Crippen LogP contribution in [-0.4, -0.2) is 5.91 Å². The molecule has 1 fully saturated rings. The summed E-state index contributed by atoms with van der Waals surface area (Å²) in [6.45, 7) is 1.98. The lowest BCUT2D eigenvalue weighted by molar-refractivity contribution is -0.123. The Bertz CT molecular complexity index is 540. The largest absolute Gasteiger partial charge is 0.324 e. The van der Waals surface area contributed by atoms with E-state index < -0.39 is 5.41 Å². The summed E-state index contributed by atoms with van der Waals surface area (Å²) in [7, 11) is 0. The van der Waals surface area contributed by atoms with Crippen LogP contribution in [0.4, 0.5) is 5.69 Å². The van der Waals surface area contributed by atoms with Crippen LogP contribution in [0.25, 0.3) is 0 Å². The summed E-state index contributed by atoms with van der Waals surface area (Å²) < 4.78 is 0.846. The van der Waals surface area contributed by atoms with E-state index in [1.54, 1.807) is 0 Å². The lowest BCUT2D eigenvalue weighted by atomic mass is 9.81. The van der Waals surface area contributed by atoms with Gasteiger partial charge in [0.05, 0.1) is 11.8 Å². The van der Waals surface area contributed by atoms with Gasteiger partial charge in [0.15, 0.2) is 0 Å². The lowest BCUT2D eigenvalue weighted by Gasteiger charge is -2.24. The van der Waals surface area contributed by atoms with Crippen molar-refractivity contribution in [3.8, 4) is 6.07 Å². The summed E-state index contributed by atoms with van der Waals surface area (Å²) in [5.74, 6) is -0.159. The van der Waals surface area contributed by atoms with Gasteiger partial charge >= 0.3 is 0 Å². The van der Waals surface area contributed by atoms with Crippen LogP contribution in [0.15, 0.2) is 22.7 Å². The zero-order chi connectivity index (χ0) is 14.6. The number of nitrogens with one attached hydrogen (secondary N) is 1. The highest BCUT2D eigenvalue weighted by Crippen LogP contribution is 2.36. The first-order chi connectivity index (χ1) is 9.57. The molecule has 1 aromatic carbocycles. The Morgan fingerprint density at radius 2 is 1.95 bits per heavy atom. The minimum atomic E-state index is -0.861. The van der Waals surface area contributed by atoms with Gasteiger partial charge in [-0.3, -0.25) is 4.79 Å². The van der Waals surface area contributed by atoms with E-state index in [0.717, 1.165) is 41.4 Å². The first-order valence-corrected chi connectivity index (χ1v) is 7.85. The third-order valence-electron chi connectivity index (χ3n) is 3.98. The number of rotatable bonds is 2. The molecule has 106 valence electrons. The Balaban J connectivity index is 2.21. The van der Waals surface area contributed by atoms with Crippen LogP contribution < -0.4 is 5.32 Å². The molecule has 4 heteroatoms. The molecule has 1 aliphatic carbocycles. The van der Waals surface area contributed by atoms with Crippen molar-refractivity contribution in [1.29, 1.82) is 5.26 Å². The van der Waals surface area contributed by atoms with Gasteiger partial charge in [-0.2, -0.15) is 5.26 Å². The average Bonchev–Trinajstić information content (AvgIpc) is 2.69. The number of anilines is 1. The van der Waals surface area contributed by atoms with Crippen LogP contribution in [0, 0.1) is 23.7 Å². The van der Waals surface area contributed by atoms with E-state index in [0.29, 0.717) is 12.8 Å². The van der Waals surface area contributed by atoms with Crippen molar-refractivity contribution in [2.24, 2.45) is 5.41 Å². The molecule has 0 aromatic heterocycles. The van der Waals surface area contributed by atoms with Crippen molar-refractivity contribution in [2.75, 3.05) is 5.32 Å². The molecule has 1 aliphatic rings. The second kappa shape index (κ2) is 6.41. The fraction of sp³-hybridized carbons (Fsp3) is 0.500. The van der Waals surface area contributed by atoms with Crippen molar-refractivity contribution in [3.05, 3.63) is 28.2 Å². The van der Waals surface area contributed by atoms with E-state index in [-0.39, 0.29) is 5.91 Å². The molecule has 20 heavy (non-hydrogen) atoms. The maximum atomic E-state index is 12.6. The predicted molar refractivity (Wildman–Crippen MR) is 83.3 cm³/mol. The zero-order valence-corrected chi connectivity index (χ0v) is 13.3. The van der Waals surface area contributed by atoms with Crippen molar-refractivity contribution in [2.45, 2.75) is 45.4 Å². The third kappa shape index (κ3) is 3.21. The van der Waals surface area contributed by atoms with Gasteiger partial charge in [-0.05, 0) is 53.4 Å². The Hall–Kier alpha value is -1.34. The van der Waals surface area contributed by atoms with E-state index in [1.165, 1.54) is 0 Å². The standard InChI is InChI=1S/C16H19BrN2O/c1-12-6-7-13(17)14(10-12)19-15(20)16(11-18)8-4-2-3-5-9-16/h6-7,10H,2-5,8-9H2,1H3,(H,19,20). The third-order valence-corrected chi connectivity index (χ3v) is 4.67. The van der Waals surface area contributed by atoms with Gasteiger partial charge in [-0.1, -0.05) is 31.7 Å². The predicted octanol–water partition coefficient (Wildman–Crippen LogP) is 4.56. The van der Waals surface area contributed by atoms with Crippen LogP contribution in [0.1, 0.15) is 44.1 Å². The number of aryl methyl sites for hydroxylation is 1. The minimum absolute atomic E-state index is 0.159. The van der Waals surface area contributed by atoms with Crippen molar-refractivity contribution >= 4 is 27.5 Å². The number of carbonyl (C=O) groups is 1. The number of nitriles is 1. The first-order valence-electron chi connectivity index (χ1n) is 7.06. The van der Waals surface area contributed by atoms with Gasteiger partial charge in [0.25, 0.3) is 0 Å². The van der Waals surface area contributed by atoms with Crippen LogP contribution in [0.5, 0.6) is 0 Å². The summed E-state index contributed by atoms with van der Waals surface area (Å²) in [5, 5.41) is 12.4. The summed E-state index contributed by atoms with van der Waals surface area (Å²) in [4.78, 5) is 12.6. The fourth-order valence-corrected chi connectivity index (χ4v) is 3.04. The molecule has 0 atom stereocenters. The van der Waals surface area contributed by atoms with Gasteiger partial charge in [0.2, 0.25) is 5.91 Å². The van der Waals surface area contributed by atoms with Gasteiger partial charge in [-0.25, -0.2) is 0 Å². The Kier molecular flexibility index (Phi) is 4.82. The van der Waals surface area contributed by atoms with E-state index in [4.69, 9.17) is 0 Å². The average molecular weight is 335 g/mol. The van der Waals surface area contributed by atoms with Crippen LogP contribution in [0.2, 0.25) is 0 Å². The van der Waals surface area contributed by atoms with E-state index in [1.807, 2.05) is 25.1 Å². The van der Waals surface area contributed by atoms with Crippen LogP contribution >= 0.6 is 15.9 Å². The first kappa shape index (κ1) is 15.1. The number of amides is 1. The number of benzene rings is 1.